The van der Waals surface area contributed by atoms with Gasteiger partial charge in [-0.2, -0.15) is 0 Å². The highest BCUT2D eigenvalue weighted by Gasteiger charge is 2.52. The van der Waals surface area contributed by atoms with Crippen LogP contribution in [0.1, 0.15) is 79.6 Å². The van der Waals surface area contributed by atoms with Crippen LogP contribution in [0.5, 0.6) is 11.5 Å². The maximum Gasteiger partial charge on any atom is 0.498 e. The maximum atomic E-state index is 13.8. The van der Waals surface area contributed by atoms with Gasteiger partial charge in [0.1, 0.15) is 28.4 Å². The number of hydrogen-bond donors (Lipinski definition) is 1. The first-order chi connectivity index (χ1) is 22.7. The van der Waals surface area contributed by atoms with Gasteiger partial charge in [0, 0.05) is 40.5 Å². The fraction of sp³-hybridized carbons (Fsp3) is 0.444. The van der Waals surface area contributed by atoms with E-state index in [4.69, 9.17) is 28.3 Å². The van der Waals surface area contributed by atoms with Crippen molar-refractivity contribution in [2.75, 3.05) is 24.5 Å². The third-order valence-electron chi connectivity index (χ3n) is 8.01. The molecule has 2 amide bonds. The average molecular weight is 677 g/mol. The monoisotopic (exact) mass is 676 g/mol. The van der Waals surface area contributed by atoms with Crippen molar-refractivity contribution in [3.05, 3.63) is 60.4 Å². The second-order valence-electron chi connectivity index (χ2n) is 14.7. The van der Waals surface area contributed by atoms with Crippen LogP contribution in [0.15, 0.2) is 54.9 Å². The van der Waals surface area contributed by atoms with E-state index in [0.29, 0.717) is 45.7 Å². The number of benzene rings is 2. The molecular weight excluding hydrogens is 629 g/mol. The van der Waals surface area contributed by atoms with Crippen LogP contribution < -0.4 is 29.9 Å². The molecule has 0 unspecified atom stereocenters. The Bertz CT molecular complexity index is 1710. The van der Waals surface area contributed by atoms with Gasteiger partial charge in [-0.15, -0.1) is 0 Å². The fourth-order valence-electron chi connectivity index (χ4n) is 5.01. The molecule has 4 rings (SSSR count). The van der Waals surface area contributed by atoms with Gasteiger partial charge >= 0.3 is 19.3 Å². The van der Waals surface area contributed by atoms with Crippen LogP contribution in [0, 0.1) is 0 Å². The van der Waals surface area contributed by atoms with E-state index >= 15 is 0 Å². The van der Waals surface area contributed by atoms with Crippen molar-refractivity contribution in [1.82, 2.24) is 0 Å². The van der Waals surface area contributed by atoms with Crippen LogP contribution in [0.3, 0.4) is 0 Å². The van der Waals surface area contributed by atoms with Crippen LogP contribution in [-0.2, 0) is 18.8 Å². The Labute approximate surface area is 288 Å². The number of aromatic nitrogens is 1. The number of anilines is 2. The predicted octanol–water partition coefficient (Wildman–Crippen LogP) is 6.32. The van der Waals surface area contributed by atoms with Crippen LogP contribution in [0.2, 0.25) is 0 Å². The summed E-state index contributed by atoms with van der Waals surface area (Å²) in [6, 6.07) is 11.9. The molecule has 1 aliphatic rings. The number of amides is 2. The number of carbonyl (C=O) groups excluding carboxylic acids is 3. The lowest BCUT2D eigenvalue weighted by molar-refractivity contribution is -0.675. The molecule has 2 heterocycles. The van der Waals surface area contributed by atoms with Crippen molar-refractivity contribution in [2.24, 2.45) is 0 Å². The van der Waals surface area contributed by atoms with Gasteiger partial charge in [-0.1, -0.05) is 10.7 Å². The van der Waals surface area contributed by atoms with E-state index in [-0.39, 0.29) is 5.56 Å². The zero-order valence-electron chi connectivity index (χ0n) is 30.4. The minimum atomic E-state index is -0.821. The average Bonchev–Trinajstić information content (AvgIpc) is 3.21. The van der Waals surface area contributed by atoms with Crippen LogP contribution in [-0.4, -0.2) is 62.2 Å². The van der Waals surface area contributed by atoms with Crippen LogP contribution in [0.4, 0.5) is 21.0 Å². The lowest BCUT2D eigenvalue weighted by atomic mass is 9.78. The summed E-state index contributed by atoms with van der Waals surface area (Å²) >= 11 is 0. The zero-order valence-corrected chi connectivity index (χ0v) is 30.4. The summed E-state index contributed by atoms with van der Waals surface area (Å²) in [4.78, 5) is 38.7. The fourth-order valence-corrected chi connectivity index (χ4v) is 5.01. The Morgan fingerprint density at radius 1 is 0.837 bits per heavy atom. The second-order valence-corrected chi connectivity index (χ2v) is 14.7. The van der Waals surface area contributed by atoms with Gasteiger partial charge in [0.15, 0.2) is 6.29 Å². The number of carbonyl (C=O) groups is 3. The Kier molecular flexibility index (Phi) is 10.4. The molecule has 1 N–H and O–H groups in total. The summed E-state index contributed by atoms with van der Waals surface area (Å²) in [5, 5.41) is 3.99. The molecule has 0 aliphatic carbocycles. The molecule has 0 atom stereocenters. The third kappa shape index (κ3) is 8.52. The summed E-state index contributed by atoms with van der Waals surface area (Å²) < 4.78 is 36.5. The summed E-state index contributed by atoms with van der Waals surface area (Å²) in [5.74, 6) is 0.837. The van der Waals surface area contributed by atoms with Crippen LogP contribution in [0.25, 0.3) is 11.1 Å². The minimum absolute atomic E-state index is 0.253. The minimum Gasteiger partial charge on any atom is -0.497 e. The van der Waals surface area contributed by atoms with Crippen LogP contribution >= 0.6 is 0 Å². The first-order valence-electron chi connectivity index (χ1n) is 15.9. The van der Waals surface area contributed by atoms with Crippen molar-refractivity contribution in [3.8, 4) is 22.6 Å². The summed E-state index contributed by atoms with van der Waals surface area (Å²) in [6.45, 7) is 18.5. The summed E-state index contributed by atoms with van der Waals surface area (Å²) in [6.07, 6.45) is 2.54. The highest BCUT2D eigenvalue weighted by atomic mass is 16.7. The molecule has 3 aromatic rings. The molecule has 1 aliphatic heterocycles. The largest absolute Gasteiger partial charge is 0.498 e. The normalized spacial score (nSPS) is 15.3. The highest BCUT2D eigenvalue weighted by molar-refractivity contribution is 6.63. The smallest absolute Gasteiger partial charge is 0.497 e. The Balaban J connectivity index is 1.75. The quantitative estimate of drug-likeness (QED) is 0.166. The summed E-state index contributed by atoms with van der Waals surface area (Å²) in [7, 11) is 2.32. The van der Waals surface area contributed by atoms with Gasteiger partial charge in [0.05, 0.1) is 31.0 Å². The van der Waals surface area contributed by atoms with E-state index in [2.05, 4.69) is 5.32 Å². The molecule has 0 bridgehead atoms. The molecule has 0 spiro atoms. The van der Waals surface area contributed by atoms with Crippen molar-refractivity contribution in [1.29, 1.82) is 0 Å². The molecule has 12 nitrogen and oxygen atoms in total. The molecule has 1 saturated heterocycles. The van der Waals surface area contributed by atoms with E-state index in [1.54, 1.807) is 90.2 Å². The lowest BCUT2D eigenvalue weighted by Gasteiger charge is -2.32. The number of pyridine rings is 1. The lowest BCUT2D eigenvalue weighted by Crippen LogP contribution is -2.58. The van der Waals surface area contributed by atoms with Crippen molar-refractivity contribution in [2.45, 2.75) is 91.6 Å². The Morgan fingerprint density at radius 3 is 2.00 bits per heavy atom. The molecule has 0 saturated carbocycles. The molecular formula is C36H47BN3O9+. The van der Waals surface area contributed by atoms with Crippen molar-refractivity contribution < 1.29 is 47.3 Å². The highest BCUT2D eigenvalue weighted by Crippen LogP contribution is 2.38. The second kappa shape index (κ2) is 13.7. The van der Waals surface area contributed by atoms with Gasteiger partial charge in [-0.25, -0.2) is 9.59 Å². The third-order valence-corrected chi connectivity index (χ3v) is 8.01. The van der Waals surface area contributed by atoms with E-state index in [0.717, 1.165) is 0 Å². The number of ether oxygens (including phenoxy) is 4. The van der Waals surface area contributed by atoms with Gasteiger partial charge in [0.25, 0.3) is 0 Å². The first-order valence-corrected chi connectivity index (χ1v) is 15.9. The van der Waals surface area contributed by atoms with E-state index in [1.165, 1.54) is 30.1 Å². The van der Waals surface area contributed by atoms with Gasteiger partial charge < -0.3 is 28.3 Å². The SMILES string of the molecule is COc1cc(N(C(=O)OC(C)(C)C)[n+]2ccc(-c3ccc(NC(=O)OC(C)(C)C)cc3OC)c(C=O)c2)ccc1B1OC(C)(C)C(C)(C)O1. The number of aldehydes is 1. The van der Waals surface area contributed by atoms with Gasteiger partial charge in [-0.3, -0.25) is 10.1 Å². The molecule has 13 heteroatoms. The Morgan fingerprint density at radius 2 is 1.45 bits per heavy atom. The summed E-state index contributed by atoms with van der Waals surface area (Å²) in [5.41, 5.74) is 0.252. The number of methoxy groups -OCH3 is 2. The first kappa shape index (κ1) is 37.2. The van der Waals surface area contributed by atoms with E-state index in [9.17, 15) is 14.4 Å². The number of nitrogens with one attached hydrogen (secondary N) is 1. The van der Waals surface area contributed by atoms with Crippen molar-refractivity contribution in [3.63, 3.8) is 0 Å². The molecule has 1 aromatic heterocycles. The topological polar surface area (TPSA) is 126 Å². The van der Waals surface area contributed by atoms with Gasteiger partial charge in [0.2, 0.25) is 12.4 Å². The molecule has 2 aromatic carbocycles. The number of rotatable bonds is 8. The maximum absolute atomic E-state index is 13.8. The zero-order chi connectivity index (χ0) is 36.5. The van der Waals surface area contributed by atoms with Crippen molar-refractivity contribution >= 4 is 42.4 Å². The number of nitrogens with zero attached hydrogens (tertiary/aromatic N) is 2. The predicted molar refractivity (Wildman–Crippen MR) is 187 cm³/mol. The molecule has 262 valence electrons. The van der Waals surface area contributed by atoms with E-state index in [1.807, 2.05) is 27.7 Å². The van der Waals surface area contributed by atoms with Gasteiger partial charge in [-0.05, 0) is 92.4 Å². The molecule has 0 radical (unpaired) electrons. The van der Waals surface area contributed by atoms with E-state index < -0.39 is 41.7 Å². The molecule has 1 fully saturated rings. The molecule has 49 heavy (non-hydrogen) atoms. The number of hydrogen-bond acceptors (Lipinski definition) is 9. The Hall–Kier alpha value is -4.62. The standard InChI is InChI=1S/C36H46BN3O9/c1-33(2,3)46-31(42)38-24-13-15-27(29(19-24)44-11)26-17-18-39(21-23(26)22-41)40(32(43)47-34(4,5)6)25-14-16-28(30(20-25)45-12)37-48-35(7,8)36(9,10)49-37/h13-22H,1-12H3/p+1.